The first-order chi connectivity index (χ1) is 6.06. The van der Waals surface area contributed by atoms with Gasteiger partial charge in [-0.1, -0.05) is 6.92 Å². The Morgan fingerprint density at radius 2 is 2.31 bits per heavy atom. The Morgan fingerprint density at radius 3 is 2.85 bits per heavy atom. The molecule has 0 spiro atoms. The monoisotopic (exact) mass is 293 g/mol. The van der Waals surface area contributed by atoms with Crippen molar-refractivity contribution in [1.82, 2.24) is 4.98 Å². The first-order valence-corrected chi connectivity index (χ1v) is 5.21. The number of hydrogen-bond donors (Lipinski definition) is 2. The molecule has 3 nitrogen and oxygen atoms in total. The molecule has 1 rings (SSSR count). The zero-order valence-corrected chi connectivity index (χ0v) is 9.75. The van der Waals surface area contributed by atoms with Crippen molar-refractivity contribution in [3.05, 3.63) is 31.2 Å². The van der Waals surface area contributed by atoms with Crippen molar-refractivity contribution < 1.29 is 5.11 Å². The van der Waals surface area contributed by atoms with Crippen molar-refractivity contribution in [3.63, 3.8) is 0 Å². The number of pyridine rings is 1. The summed E-state index contributed by atoms with van der Waals surface area (Å²) in [7, 11) is 0. The molecule has 72 valence electrons. The second kappa shape index (κ2) is 4.23. The molecule has 0 aromatic carbocycles. The summed E-state index contributed by atoms with van der Waals surface area (Å²) in [5, 5.41) is 9.60. The molecule has 1 unspecified atom stereocenters. The maximum absolute atomic E-state index is 11.3. The number of halogens is 1. The quantitative estimate of drug-likeness (QED) is 0.644. The molecule has 4 heteroatoms. The third-order valence-electron chi connectivity index (χ3n) is 2.03. The average Bonchev–Trinajstić information content (AvgIpc) is 2.10. The molecule has 13 heavy (non-hydrogen) atoms. The lowest BCUT2D eigenvalue weighted by Gasteiger charge is -2.10. The van der Waals surface area contributed by atoms with E-state index in [4.69, 9.17) is 0 Å². The lowest BCUT2D eigenvalue weighted by Crippen LogP contribution is -2.15. The number of H-pyrrole nitrogens is 1. The van der Waals surface area contributed by atoms with E-state index in [9.17, 15) is 9.90 Å². The lowest BCUT2D eigenvalue weighted by atomic mass is 10.0. The molecule has 1 heterocycles. The molecular weight excluding hydrogens is 281 g/mol. The van der Waals surface area contributed by atoms with Gasteiger partial charge in [0.15, 0.2) is 0 Å². The first-order valence-electron chi connectivity index (χ1n) is 4.13. The maximum atomic E-state index is 11.3. The van der Waals surface area contributed by atoms with Crippen molar-refractivity contribution in [2.75, 3.05) is 0 Å². The highest BCUT2D eigenvalue weighted by atomic mass is 127. The van der Waals surface area contributed by atoms with Crippen molar-refractivity contribution in [1.29, 1.82) is 0 Å². The number of hydrogen-bond acceptors (Lipinski definition) is 2. The Balaban J connectivity index is 3.28. The van der Waals surface area contributed by atoms with E-state index in [2.05, 4.69) is 4.98 Å². The highest BCUT2D eigenvalue weighted by Gasteiger charge is 2.11. The second-order valence-electron chi connectivity index (χ2n) is 2.95. The minimum Gasteiger partial charge on any atom is -0.388 e. The summed E-state index contributed by atoms with van der Waals surface area (Å²) in [6.07, 6.45) is 0.0937. The van der Waals surface area contributed by atoms with Gasteiger partial charge in [-0.05, 0) is 47.6 Å². The molecule has 2 N–H and O–H groups in total. The van der Waals surface area contributed by atoms with Crippen molar-refractivity contribution in [2.45, 2.75) is 26.4 Å². The molecule has 0 saturated carbocycles. The first kappa shape index (κ1) is 10.7. The Kier molecular flexibility index (Phi) is 3.49. The van der Waals surface area contributed by atoms with Crippen molar-refractivity contribution in [2.24, 2.45) is 0 Å². The predicted molar refractivity (Wildman–Crippen MR) is 59.8 cm³/mol. The minimum absolute atomic E-state index is 0.116. The fourth-order valence-electron chi connectivity index (χ4n) is 1.18. The van der Waals surface area contributed by atoms with Crippen LogP contribution in [0.15, 0.2) is 10.9 Å². The van der Waals surface area contributed by atoms with Crippen LogP contribution in [-0.2, 0) is 0 Å². The van der Waals surface area contributed by atoms with Gasteiger partial charge < -0.3 is 10.1 Å². The van der Waals surface area contributed by atoms with Crippen LogP contribution in [0.4, 0.5) is 0 Å². The van der Waals surface area contributed by atoms with Gasteiger partial charge in [-0.15, -0.1) is 0 Å². The van der Waals surface area contributed by atoms with Crippen LogP contribution in [0.5, 0.6) is 0 Å². The summed E-state index contributed by atoms with van der Waals surface area (Å²) in [6, 6.07) is 1.81. The van der Waals surface area contributed by atoms with E-state index in [0.717, 1.165) is 9.26 Å². The maximum Gasteiger partial charge on any atom is 0.252 e. The van der Waals surface area contributed by atoms with Gasteiger partial charge >= 0.3 is 0 Å². The smallest absolute Gasteiger partial charge is 0.252 e. The molecule has 0 bridgehead atoms. The zero-order valence-electron chi connectivity index (χ0n) is 7.60. The average molecular weight is 293 g/mol. The lowest BCUT2D eigenvalue weighted by molar-refractivity contribution is 0.172. The van der Waals surface area contributed by atoms with E-state index < -0.39 is 6.10 Å². The molecule has 0 radical (unpaired) electrons. The summed E-state index contributed by atoms with van der Waals surface area (Å²) in [6.45, 7) is 3.61. The molecule has 1 atom stereocenters. The standard InChI is InChI=1S/C9H12INO2/c1-3-7(12)6-4-8(10)11-9(13)5(6)2/h4,7,12H,3H2,1-2H3,(H,11,13). The number of nitrogens with one attached hydrogen (secondary N) is 1. The molecule has 0 aliphatic heterocycles. The fourth-order valence-corrected chi connectivity index (χ4v) is 1.76. The van der Waals surface area contributed by atoms with Gasteiger partial charge in [0, 0.05) is 5.56 Å². The number of aromatic amines is 1. The van der Waals surface area contributed by atoms with E-state index in [-0.39, 0.29) is 5.56 Å². The minimum atomic E-state index is -0.532. The van der Waals surface area contributed by atoms with Crippen LogP contribution >= 0.6 is 22.6 Å². The molecule has 0 aliphatic rings. The summed E-state index contributed by atoms with van der Waals surface area (Å²) in [4.78, 5) is 14.0. The van der Waals surface area contributed by atoms with Crippen LogP contribution in [0, 0.1) is 10.6 Å². The molecule has 0 aliphatic carbocycles. The Labute approximate surface area is 90.3 Å². The van der Waals surface area contributed by atoms with Gasteiger partial charge in [0.25, 0.3) is 5.56 Å². The summed E-state index contributed by atoms with van der Waals surface area (Å²) < 4.78 is 0.760. The fraction of sp³-hybridized carbons (Fsp3) is 0.444. The van der Waals surface area contributed by atoms with Crippen LogP contribution in [0.3, 0.4) is 0 Å². The van der Waals surface area contributed by atoms with Gasteiger partial charge in [0.1, 0.15) is 0 Å². The molecular formula is C9H12INO2. The number of rotatable bonds is 2. The molecule has 0 amide bonds. The molecule has 1 aromatic heterocycles. The normalized spacial score (nSPS) is 12.9. The van der Waals surface area contributed by atoms with Gasteiger partial charge in [0.2, 0.25) is 0 Å². The summed E-state index contributed by atoms with van der Waals surface area (Å²) >= 11 is 2.03. The topological polar surface area (TPSA) is 53.1 Å². The van der Waals surface area contributed by atoms with Crippen LogP contribution in [-0.4, -0.2) is 10.1 Å². The Bertz CT molecular complexity index is 359. The van der Waals surface area contributed by atoms with Crippen LogP contribution in [0.25, 0.3) is 0 Å². The highest BCUT2D eigenvalue weighted by Crippen LogP contribution is 2.18. The Hall–Kier alpha value is -0.360. The third-order valence-corrected chi connectivity index (χ3v) is 2.62. The van der Waals surface area contributed by atoms with Gasteiger partial charge in [-0.2, -0.15) is 0 Å². The largest absolute Gasteiger partial charge is 0.388 e. The number of aromatic nitrogens is 1. The van der Waals surface area contributed by atoms with Gasteiger partial charge in [-0.3, -0.25) is 4.79 Å². The zero-order chi connectivity index (χ0) is 10.0. The summed E-state index contributed by atoms with van der Waals surface area (Å²) in [5.74, 6) is 0. The highest BCUT2D eigenvalue weighted by molar-refractivity contribution is 14.1. The van der Waals surface area contributed by atoms with Crippen molar-refractivity contribution >= 4 is 22.6 Å². The van der Waals surface area contributed by atoms with Crippen LogP contribution < -0.4 is 5.56 Å². The molecule has 1 aromatic rings. The third kappa shape index (κ3) is 2.31. The predicted octanol–water partition coefficient (Wildman–Crippen LogP) is 1.73. The second-order valence-corrected chi connectivity index (χ2v) is 4.11. The van der Waals surface area contributed by atoms with Crippen molar-refractivity contribution in [3.8, 4) is 0 Å². The van der Waals surface area contributed by atoms with E-state index >= 15 is 0 Å². The van der Waals surface area contributed by atoms with E-state index in [1.165, 1.54) is 0 Å². The number of aliphatic hydroxyl groups is 1. The summed E-state index contributed by atoms with van der Waals surface area (Å²) in [5.41, 5.74) is 1.22. The molecule has 0 fully saturated rings. The van der Waals surface area contributed by atoms with Crippen LogP contribution in [0.2, 0.25) is 0 Å². The van der Waals surface area contributed by atoms with Gasteiger partial charge in [0.05, 0.1) is 9.80 Å². The SMILES string of the molecule is CCC(O)c1cc(I)[nH]c(=O)c1C. The van der Waals surface area contributed by atoms with E-state index in [0.29, 0.717) is 12.0 Å². The Morgan fingerprint density at radius 1 is 1.69 bits per heavy atom. The molecule has 0 saturated heterocycles. The van der Waals surface area contributed by atoms with Gasteiger partial charge in [-0.25, -0.2) is 0 Å². The van der Waals surface area contributed by atoms with E-state index in [1.54, 1.807) is 6.92 Å². The van der Waals surface area contributed by atoms with E-state index in [1.807, 2.05) is 35.6 Å². The number of aliphatic hydroxyl groups excluding tert-OH is 1. The van der Waals surface area contributed by atoms with Crippen LogP contribution in [0.1, 0.15) is 30.6 Å².